The number of barbiturate groups is 1. The van der Waals surface area contributed by atoms with E-state index in [4.69, 9.17) is 0 Å². The topological polar surface area (TPSA) is 78.5 Å². The Kier molecular flexibility index (Phi) is 2.40. The second kappa shape index (κ2) is 4.07. The molecule has 0 radical (unpaired) electrons. The van der Waals surface area contributed by atoms with Gasteiger partial charge in [0, 0.05) is 12.2 Å². The third kappa shape index (κ3) is 1.50. The van der Waals surface area contributed by atoms with Crippen LogP contribution in [0.1, 0.15) is 18.4 Å². The van der Waals surface area contributed by atoms with Crippen LogP contribution in [0.5, 0.6) is 0 Å². The summed E-state index contributed by atoms with van der Waals surface area (Å²) in [5, 5.41) is 4.55. The molecule has 0 aliphatic carbocycles. The molecule has 0 aromatic heterocycles. The minimum Gasteiger partial charge on any atom is -0.367 e. The van der Waals surface area contributed by atoms with Crippen LogP contribution in [0, 0.1) is 5.41 Å². The Balaban J connectivity index is 1.88. The van der Waals surface area contributed by atoms with Crippen molar-refractivity contribution >= 4 is 23.5 Å². The quantitative estimate of drug-likeness (QED) is 0.683. The van der Waals surface area contributed by atoms with Crippen LogP contribution in [0.2, 0.25) is 0 Å². The number of fused-ring (bicyclic) bond motifs is 4. The molecule has 1 aromatic rings. The summed E-state index contributed by atoms with van der Waals surface area (Å²) in [4.78, 5) is 38.6. The van der Waals surface area contributed by atoms with Crippen molar-refractivity contribution in [3.05, 3.63) is 29.8 Å². The number of hydrogen-bond donors (Lipinski definition) is 2. The van der Waals surface area contributed by atoms with Gasteiger partial charge in [0.05, 0.1) is 6.04 Å². The fourth-order valence-corrected chi connectivity index (χ4v) is 3.95. The van der Waals surface area contributed by atoms with Crippen LogP contribution >= 0.6 is 0 Å². The van der Waals surface area contributed by atoms with E-state index in [1.54, 1.807) is 0 Å². The van der Waals surface area contributed by atoms with Crippen LogP contribution in [0.4, 0.5) is 10.5 Å². The molecule has 0 bridgehead atoms. The summed E-state index contributed by atoms with van der Waals surface area (Å²) in [5.41, 5.74) is 0.886. The van der Waals surface area contributed by atoms with E-state index in [0.29, 0.717) is 6.42 Å². The van der Waals surface area contributed by atoms with E-state index in [-0.39, 0.29) is 6.04 Å². The zero-order valence-corrected chi connectivity index (χ0v) is 11.4. The Morgan fingerprint density at radius 3 is 2.57 bits per heavy atom. The number of benzene rings is 1. The Morgan fingerprint density at radius 1 is 1.10 bits per heavy atom. The number of nitrogens with one attached hydrogen (secondary N) is 2. The van der Waals surface area contributed by atoms with Crippen LogP contribution in [0.3, 0.4) is 0 Å². The smallest absolute Gasteiger partial charge is 0.328 e. The lowest BCUT2D eigenvalue weighted by molar-refractivity contribution is -0.146. The van der Waals surface area contributed by atoms with Gasteiger partial charge in [-0.05, 0) is 30.9 Å². The molecule has 0 saturated carbocycles. The molecule has 2 saturated heterocycles. The first-order valence-electron chi connectivity index (χ1n) is 7.14. The molecule has 21 heavy (non-hydrogen) atoms. The van der Waals surface area contributed by atoms with Crippen molar-refractivity contribution in [2.45, 2.75) is 25.3 Å². The normalized spacial score (nSPS) is 26.2. The first-order valence-corrected chi connectivity index (χ1v) is 7.14. The molecule has 6 nitrogen and oxygen atoms in total. The van der Waals surface area contributed by atoms with Crippen molar-refractivity contribution in [1.29, 1.82) is 0 Å². The number of rotatable bonds is 0. The second-order valence-corrected chi connectivity index (χ2v) is 5.87. The minimum atomic E-state index is -1.20. The van der Waals surface area contributed by atoms with Gasteiger partial charge in [0.15, 0.2) is 5.41 Å². The minimum absolute atomic E-state index is 0.180. The van der Waals surface area contributed by atoms with Crippen molar-refractivity contribution in [2.24, 2.45) is 5.41 Å². The Bertz CT molecular complexity index is 650. The molecule has 4 rings (SSSR count). The first-order chi connectivity index (χ1) is 10.1. The molecule has 1 spiro atoms. The molecule has 2 fully saturated rings. The number of carbonyl (C=O) groups excluding carboxylic acids is 3. The lowest BCUT2D eigenvalue weighted by atomic mass is 9.69. The summed E-state index contributed by atoms with van der Waals surface area (Å²) in [5.74, 6) is -0.940. The van der Waals surface area contributed by atoms with Crippen LogP contribution in [-0.4, -0.2) is 30.4 Å². The van der Waals surface area contributed by atoms with Crippen molar-refractivity contribution in [3.8, 4) is 0 Å². The summed E-state index contributed by atoms with van der Waals surface area (Å²) in [7, 11) is 0. The molecule has 108 valence electrons. The highest BCUT2D eigenvalue weighted by Crippen LogP contribution is 2.46. The molecular weight excluding hydrogens is 270 g/mol. The molecule has 1 atom stereocenters. The SMILES string of the molecule is O=C1NC(=O)C2(Cc3ccccc3N3CCC[C@H]32)C(=O)N1. The monoisotopic (exact) mass is 285 g/mol. The van der Waals surface area contributed by atoms with Gasteiger partial charge in [-0.1, -0.05) is 18.2 Å². The maximum atomic E-state index is 12.5. The predicted molar refractivity (Wildman–Crippen MR) is 74.6 cm³/mol. The Hall–Kier alpha value is -2.37. The summed E-state index contributed by atoms with van der Waals surface area (Å²) in [6, 6.07) is 6.95. The molecule has 4 amide bonds. The maximum Gasteiger partial charge on any atom is 0.328 e. The van der Waals surface area contributed by atoms with Gasteiger partial charge in [0.2, 0.25) is 11.8 Å². The number of urea groups is 1. The van der Waals surface area contributed by atoms with Gasteiger partial charge in [0.25, 0.3) is 0 Å². The number of nitrogens with zero attached hydrogens (tertiary/aromatic N) is 1. The lowest BCUT2D eigenvalue weighted by Gasteiger charge is -2.47. The molecular formula is C15H15N3O3. The molecule has 2 N–H and O–H groups in total. The highest BCUT2D eigenvalue weighted by atomic mass is 16.2. The first kappa shape index (κ1) is 12.4. The van der Waals surface area contributed by atoms with Crippen molar-refractivity contribution in [2.75, 3.05) is 11.4 Å². The maximum absolute atomic E-state index is 12.5. The van der Waals surface area contributed by atoms with Gasteiger partial charge in [-0.3, -0.25) is 20.2 Å². The highest BCUT2D eigenvalue weighted by Gasteiger charge is 2.60. The van der Waals surface area contributed by atoms with E-state index in [9.17, 15) is 14.4 Å². The Labute approximate surface area is 121 Å². The van der Waals surface area contributed by atoms with E-state index < -0.39 is 23.3 Å². The highest BCUT2D eigenvalue weighted by molar-refractivity contribution is 6.20. The molecule has 3 heterocycles. The summed E-state index contributed by atoms with van der Waals surface area (Å²) < 4.78 is 0. The van der Waals surface area contributed by atoms with Crippen LogP contribution in [0.25, 0.3) is 0 Å². The molecule has 6 heteroatoms. The van der Waals surface area contributed by atoms with Crippen LogP contribution in [0.15, 0.2) is 24.3 Å². The molecule has 0 unspecified atom stereocenters. The summed E-state index contributed by atoms with van der Waals surface area (Å²) in [6.45, 7) is 0.831. The van der Waals surface area contributed by atoms with E-state index in [1.165, 1.54) is 0 Å². The van der Waals surface area contributed by atoms with Gasteiger partial charge in [-0.25, -0.2) is 4.79 Å². The second-order valence-electron chi connectivity index (χ2n) is 5.87. The number of para-hydroxylation sites is 1. The van der Waals surface area contributed by atoms with Crippen LogP contribution in [-0.2, 0) is 16.0 Å². The van der Waals surface area contributed by atoms with E-state index in [2.05, 4.69) is 15.5 Å². The number of imide groups is 2. The van der Waals surface area contributed by atoms with E-state index in [1.807, 2.05) is 24.3 Å². The van der Waals surface area contributed by atoms with Gasteiger partial charge < -0.3 is 4.90 Å². The summed E-state index contributed by atoms with van der Waals surface area (Å²) in [6.07, 6.45) is 2.06. The van der Waals surface area contributed by atoms with Crippen molar-refractivity contribution in [3.63, 3.8) is 0 Å². The van der Waals surface area contributed by atoms with Gasteiger partial charge in [-0.2, -0.15) is 0 Å². The number of amides is 4. The van der Waals surface area contributed by atoms with Crippen molar-refractivity contribution in [1.82, 2.24) is 10.6 Å². The van der Waals surface area contributed by atoms with E-state index in [0.717, 1.165) is 30.6 Å². The fourth-order valence-electron chi connectivity index (χ4n) is 3.95. The van der Waals surface area contributed by atoms with Crippen LogP contribution < -0.4 is 15.5 Å². The third-order valence-corrected chi connectivity index (χ3v) is 4.86. The predicted octanol–water partition coefficient (Wildman–Crippen LogP) is 0.564. The fraction of sp³-hybridized carbons (Fsp3) is 0.400. The van der Waals surface area contributed by atoms with Gasteiger partial charge >= 0.3 is 6.03 Å². The average molecular weight is 285 g/mol. The molecule has 1 aromatic carbocycles. The third-order valence-electron chi connectivity index (χ3n) is 4.86. The number of carbonyl (C=O) groups is 3. The van der Waals surface area contributed by atoms with Crippen molar-refractivity contribution < 1.29 is 14.4 Å². The molecule has 3 aliphatic heterocycles. The zero-order chi connectivity index (χ0) is 14.6. The Morgan fingerprint density at radius 2 is 1.81 bits per heavy atom. The van der Waals surface area contributed by atoms with E-state index >= 15 is 0 Å². The average Bonchev–Trinajstić information content (AvgIpc) is 2.94. The molecule has 3 aliphatic rings. The van der Waals surface area contributed by atoms with Gasteiger partial charge in [0.1, 0.15) is 0 Å². The lowest BCUT2D eigenvalue weighted by Crippen LogP contribution is -2.70. The number of hydrogen-bond acceptors (Lipinski definition) is 4. The largest absolute Gasteiger partial charge is 0.367 e. The standard InChI is InChI=1S/C15H15N3O3/c19-12-15(13(20)17-14(21)16-12)8-9-4-1-2-5-10(9)18-7-3-6-11(15)18/h1-2,4-5,11H,3,6-8H2,(H2,16,17,19,20,21)/t11-/m0/s1. The zero-order valence-electron chi connectivity index (χ0n) is 11.4. The van der Waals surface area contributed by atoms with Gasteiger partial charge in [-0.15, -0.1) is 0 Å². The number of anilines is 1. The summed E-state index contributed by atoms with van der Waals surface area (Å²) >= 11 is 0.